The van der Waals surface area contributed by atoms with E-state index in [1.807, 2.05) is 12.3 Å². The summed E-state index contributed by atoms with van der Waals surface area (Å²) in [6.45, 7) is 0.993. The molecule has 4 rings (SSSR count). The summed E-state index contributed by atoms with van der Waals surface area (Å²) in [5, 5.41) is 21.3. The quantitative estimate of drug-likeness (QED) is 0.214. The third kappa shape index (κ3) is 5.41. The number of nitrogens with one attached hydrogen (secondary N) is 1. The van der Waals surface area contributed by atoms with E-state index < -0.39 is 7.12 Å². The molecule has 1 aliphatic carbocycles. The number of ether oxygens (including phenoxy) is 1. The van der Waals surface area contributed by atoms with Crippen LogP contribution in [-0.4, -0.2) is 56.0 Å². The first-order chi connectivity index (χ1) is 16.4. The molecular weight excluding hydrogens is 458 g/mol. The van der Waals surface area contributed by atoms with Crippen LogP contribution < -0.4 is 9.62 Å². The van der Waals surface area contributed by atoms with E-state index in [1.165, 1.54) is 17.7 Å². The van der Waals surface area contributed by atoms with E-state index in [-0.39, 0.29) is 18.2 Å². The molecule has 10 heteroatoms. The number of halogens is 1. The molecule has 0 bridgehead atoms. The molecule has 0 atom stereocenters. The topological polar surface area (TPSA) is 95.2 Å². The molecule has 34 heavy (non-hydrogen) atoms. The Morgan fingerprint density at radius 3 is 2.65 bits per heavy atom. The van der Waals surface area contributed by atoms with Gasteiger partial charge in [0.2, 0.25) is 0 Å². The molecule has 0 aliphatic heterocycles. The fourth-order valence-electron chi connectivity index (χ4n) is 4.05. The molecule has 0 radical (unpaired) electrons. The van der Waals surface area contributed by atoms with Gasteiger partial charge >= 0.3 is 7.12 Å². The maximum Gasteiger partial charge on any atom is 0.479 e. The molecule has 1 fully saturated rings. The largest absolute Gasteiger partial charge is 0.479 e. The summed E-state index contributed by atoms with van der Waals surface area (Å²) in [5.41, 5.74) is 3.88. The molecule has 1 amide bonds. The van der Waals surface area contributed by atoms with Crippen LogP contribution in [0.25, 0.3) is 22.3 Å². The first-order valence-electron chi connectivity index (χ1n) is 11.3. The van der Waals surface area contributed by atoms with Crippen LogP contribution in [0.15, 0.2) is 40.8 Å². The molecule has 0 spiro atoms. The zero-order valence-electron chi connectivity index (χ0n) is 19.2. The fourth-order valence-corrected chi connectivity index (χ4v) is 4.72. The highest BCUT2D eigenvalue weighted by Gasteiger charge is 2.31. The normalized spacial score (nSPS) is 13.3. The number of carbonyl (C=O) groups is 1. The van der Waals surface area contributed by atoms with Gasteiger partial charge in [0.1, 0.15) is 17.2 Å². The lowest BCUT2D eigenvalue weighted by Crippen LogP contribution is -2.22. The molecular formula is C24H28BFN2O5S. The van der Waals surface area contributed by atoms with Gasteiger partial charge in [-0.3, -0.25) is 4.79 Å². The van der Waals surface area contributed by atoms with Crippen LogP contribution in [0.4, 0.5) is 10.1 Å². The molecule has 1 aromatic heterocycles. The Bertz CT molecular complexity index is 1150. The lowest BCUT2D eigenvalue weighted by atomic mass is 9.95. The first-order valence-corrected chi connectivity index (χ1v) is 12.4. The van der Waals surface area contributed by atoms with Crippen molar-refractivity contribution in [2.24, 2.45) is 0 Å². The summed E-state index contributed by atoms with van der Waals surface area (Å²) in [6, 6.07) is 9.97. The summed E-state index contributed by atoms with van der Waals surface area (Å²) >= 11 is 1.59. The smallest absolute Gasteiger partial charge is 0.455 e. The van der Waals surface area contributed by atoms with Crippen molar-refractivity contribution >= 4 is 41.6 Å². The van der Waals surface area contributed by atoms with Crippen molar-refractivity contribution in [3.63, 3.8) is 0 Å². The van der Waals surface area contributed by atoms with Gasteiger partial charge in [0.25, 0.3) is 5.91 Å². The number of benzene rings is 2. The van der Waals surface area contributed by atoms with E-state index >= 15 is 0 Å². The minimum Gasteiger partial charge on any atom is -0.455 e. The highest BCUT2D eigenvalue weighted by atomic mass is 32.2. The zero-order chi connectivity index (χ0) is 24.2. The number of fused-ring (bicyclic) bond motifs is 1. The average molecular weight is 486 g/mol. The Balaban J connectivity index is 1.72. The second-order valence-corrected chi connectivity index (χ2v) is 9.07. The minimum atomic E-state index is -1.47. The van der Waals surface area contributed by atoms with Crippen molar-refractivity contribution in [1.29, 1.82) is 0 Å². The van der Waals surface area contributed by atoms with E-state index in [2.05, 4.69) is 15.7 Å². The maximum atomic E-state index is 13.5. The molecule has 1 aliphatic rings. The van der Waals surface area contributed by atoms with Gasteiger partial charge in [0.05, 0.1) is 17.8 Å². The molecule has 180 valence electrons. The van der Waals surface area contributed by atoms with Gasteiger partial charge in [-0.25, -0.2) is 4.39 Å². The monoisotopic (exact) mass is 486 g/mol. The Morgan fingerprint density at radius 1 is 1.29 bits per heavy atom. The molecule has 0 saturated heterocycles. The number of anilines is 1. The van der Waals surface area contributed by atoms with E-state index in [0.717, 1.165) is 23.9 Å². The molecule has 3 aromatic rings. The van der Waals surface area contributed by atoms with Gasteiger partial charge in [-0.2, -0.15) is 0 Å². The highest BCUT2D eigenvalue weighted by Crippen LogP contribution is 2.48. The lowest BCUT2D eigenvalue weighted by Gasteiger charge is -2.24. The van der Waals surface area contributed by atoms with Crippen LogP contribution in [0.1, 0.15) is 41.1 Å². The molecule has 3 N–H and O–H groups in total. The number of nitrogens with zero attached hydrogens (tertiary/aromatic N) is 1. The van der Waals surface area contributed by atoms with E-state index in [9.17, 15) is 9.18 Å². The zero-order valence-corrected chi connectivity index (χ0v) is 20.0. The van der Waals surface area contributed by atoms with Crippen molar-refractivity contribution in [2.75, 3.05) is 37.3 Å². The Kier molecular flexibility index (Phi) is 7.82. The van der Waals surface area contributed by atoms with Crippen molar-refractivity contribution in [2.45, 2.75) is 25.2 Å². The number of furan rings is 1. The standard InChI is InChI=1S/C24H28BFN2O5S/c1-27-24(29)22-19-12-18(15-4-5-15)20(28(34-2)10-3-11-32-14-25(30)31)13-21(19)33-23(22)16-6-8-17(26)9-7-16/h6-9,12-13,15,30-31H,3-5,10-11,14H2,1-2H3,(H,27,29). The maximum absolute atomic E-state index is 13.5. The number of rotatable bonds is 11. The van der Waals surface area contributed by atoms with Gasteiger partial charge in [0, 0.05) is 43.5 Å². The van der Waals surface area contributed by atoms with Crippen LogP contribution in [0, 0.1) is 5.82 Å². The van der Waals surface area contributed by atoms with E-state index in [4.69, 9.17) is 19.2 Å². The summed E-state index contributed by atoms with van der Waals surface area (Å²) in [7, 11) is 0.114. The number of hydrogen-bond acceptors (Lipinski definition) is 7. The first kappa shape index (κ1) is 24.6. The van der Waals surface area contributed by atoms with Crippen LogP contribution in [0.5, 0.6) is 0 Å². The lowest BCUT2D eigenvalue weighted by molar-refractivity contribution is 0.0964. The highest BCUT2D eigenvalue weighted by molar-refractivity contribution is 7.99. The van der Waals surface area contributed by atoms with Crippen molar-refractivity contribution in [1.82, 2.24) is 5.32 Å². The summed E-state index contributed by atoms with van der Waals surface area (Å²) in [4.78, 5) is 12.9. The average Bonchev–Trinajstić information content (AvgIpc) is 3.61. The van der Waals surface area contributed by atoms with Gasteiger partial charge < -0.3 is 28.8 Å². The second kappa shape index (κ2) is 10.8. The number of carbonyl (C=O) groups excluding carboxylic acids is 1. The number of amides is 1. The Hall–Kier alpha value is -2.53. The third-order valence-electron chi connectivity index (χ3n) is 5.82. The third-order valence-corrected chi connectivity index (χ3v) is 6.64. The second-order valence-electron chi connectivity index (χ2n) is 8.27. The summed E-state index contributed by atoms with van der Waals surface area (Å²) in [5.74, 6) is 0.238. The summed E-state index contributed by atoms with van der Waals surface area (Å²) < 4.78 is 27.2. The van der Waals surface area contributed by atoms with Gasteiger partial charge in [-0.05, 0) is 61.1 Å². The molecule has 7 nitrogen and oxygen atoms in total. The van der Waals surface area contributed by atoms with Crippen LogP contribution in [-0.2, 0) is 4.74 Å². The van der Waals surface area contributed by atoms with Gasteiger partial charge in [-0.15, -0.1) is 0 Å². The predicted octanol–water partition coefficient (Wildman–Crippen LogP) is 3.98. The van der Waals surface area contributed by atoms with Crippen molar-refractivity contribution < 1.29 is 28.4 Å². The predicted molar refractivity (Wildman–Crippen MR) is 133 cm³/mol. The molecule has 1 heterocycles. The Labute approximate surface area is 202 Å². The van der Waals surface area contributed by atoms with Crippen LogP contribution >= 0.6 is 11.9 Å². The molecule has 1 saturated carbocycles. The Morgan fingerprint density at radius 2 is 2.03 bits per heavy atom. The minimum absolute atomic E-state index is 0.112. The molecule has 2 aromatic carbocycles. The van der Waals surface area contributed by atoms with Crippen molar-refractivity contribution in [3.8, 4) is 11.3 Å². The SMILES string of the molecule is CNC(=O)c1c(-c2ccc(F)cc2)oc2cc(N(CCCOCB(O)O)SC)c(C3CC3)cc12. The van der Waals surface area contributed by atoms with Crippen LogP contribution in [0.2, 0.25) is 0 Å². The molecule has 0 unspecified atom stereocenters. The fraction of sp³-hybridized carbons (Fsp3) is 0.375. The van der Waals surface area contributed by atoms with E-state index in [0.29, 0.717) is 48.0 Å². The van der Waals surface area contributed by atoms with Gasteiger partial charge in [-0.1, -0.05) is 11.9 Å². The van der Waals surface area contributed by atoms with E-state index in [1.54, 1.807) is 31.1 Å². The summed E-state index contributed by atoms with van der Waals surface area (Å²) in [6.07, 6.45) is 4.89. The van der Waals surface area contributed by atoms with Crippen molar-refractivity contribution in [3.05, 3.63) is 53.3 Å². The van der Waals surface area contributed by atoms with Crippen LogP contribution in [0.3, 0.4) is 0 Å². The number of hydrogen-bond donors (Lipinski definition) is 3. The van der Waals surface area contributed by atoms with Gasteiger partial charge in [0.15, 0.2) is 0 Å².